The molecule has 15 heavy (non-hydrogen) atoms. The molecule has 0 N–H and O–H groups in total. The van der Waals surface area contributed by atoms with Gasteiger partial charge in [-0.15, -0.1) is 11.3 Å². The zero-order valence-corrected chi connectivity index (χ0v) is 12.4. The van der Waals surface area contributed by atoms with Crippen LogP contribution in [-0.2, 0) is 0 Å². The van der Waals surface area contributed by atoms with E-state index >= 15 is 0 Å². The van der Waals surface area contributed by atoms with E-state index in [0.29, 0.717) is 0 Å². The van der Waals surface area contributed by atoms with E-state index < -0.39 is 0 Å². The maximum atomic E-state index is 5.31. The molecule has 0 saturated heterocycles. The van der Waals surface area contributed by atoms with Gasteiger partial charge >= 0.3 is 0 Å². The van der Waals surface area contributed by atoms with Crippen molar-refractivity contribution in [1.29, 1.82) is 0 Å². The van der Waals surface area contributed by atoms with Gasteiger partial charge in [0, 0.05) is 19.8 Å². The third kappa shape index (κ3) is 2.22. The molecule has 0 aliphatic carbocycles. The highest BCUT2D eigenvalue weighted by molar-refractivity contribution is 9.10. The van der Waals surface area contributed by atoms with Crippen molar-refractivity contribution in [2.24, 2.45) is 0 Å². The van der Waals surface area contributed by atoms with Crippen molar-refractivity contribution in [3.8, 4) is 0 Å². The Morgan fingerprint density at radius 2 is 2.13 bits per heavy atom. The van der Waals surface area contributed by atoms with Crippen LogP contribution < -0.4 is 0 Å². The molecule has 0 fully saturated rings. The first-order valence-electron chi connectivity index (χ1n) is 4.53. The molecule has 0 aromatic carbocycles. The van der Waals surface area contributed by atoms with Crippen LogP contribution in [0.2, 0.25) is 0 Å². The average molecular weight is 350 g/mol. The number of halogens is 2. The summed E-state index contributed by atoms with van der Waals surface area (Å²) in [4.78, 5) is 2.82. The summed E-state index contributed by atoms with van der Waals surface area (Å²) in [6.45, 7) is 4.10. The Kier molecular flexibility index (Phi) is 3.38. The van der Waals surface area contributed by atoms with Gasteiger partial charge in [0.15, 0.2) is 0 Å². The fraction of sp³-hybridized carbons (Fsp3) is 0.273. The van der Waals surface area contributed by atoms with Gasteiger partial charge in [0.2, 0.25) is 0 Å². The predicted molar refractivity (Wildman–Crippen MR) is 71.0 cm³/mol. The largest absolute Gasteiger partial charge is 0.469 e. The molecule has 0 aliphatic heterocycles. The third-order valence-corrected chi connectivity index (χ3v) is 5.79. The zero-order chi connectivity index (χ0) is 11.0. The Balaban J connectivity index is 2.36. The van der Waals surface area contributed by atoms with Gasteiger partial charge < -0.3 is 4.42 Å². The van der Waals surface area contributed by atoms with Crippen LogP contribution in [0.4, 0.5) is 0 Å². The molecule has 0 bridgehead atoms. The first kappa shape index (κ1) is 11.4. The van der Waals surface area contributed by atoms with Crippen molar-refractivity contribution in [2.75, 3.05) is 0 Å². The quantitative estimate of drug-likeness (QED) is 0.678. The predicted octanol–water partition coefficient (Wildman–Crippen LogP) is 5.20. The van der Waals surface area contributed by atoms with E-state index in [1.807, 2.05) is 13.0 Å². The minimum absolute atomic E-state index is 0.228. The van der Waals surface area contributed by atoms with Crippen LogP contribution in [0.15, 0.2) is 27.3 Å². The van der Waals surface area contributed by atoms with E-state index in [4.69, 9.17) is 4.42 Å². The normalized spacial score (nSPS) is 13.1. The Hall–Kier alpha value is -0.0600. The Morgan fingerprint density at radius 3 is 2.60 bits per heavy atom. The number of rotatable bonds is 2. The summed E-state index contributed by atoms with van der Waals surface area (Å²) >= 11 is 9.03. The number of aryl methyl sites for hydroxylation is 2. The highest BCUT2D eigenvalue weighted by Gasteiger charge is 2.17. The average Bonchev–Trinajstić information content (AvgIpc) is 2.74. The Labute approximate surface area is 110 Å². The van der Waals surface area contributed by atoms with Gasteiger partial charge in [-0.3, -0.25) is 0 Å². The first-order chi connectivity index (χ1) is 7.09. The number of hydrogen-bond donors (Lipinski definition) is 0. The van der Waals surface area contributed by atoms with Crippen molar-refractivity contribution in [1.82, 2.24) is 0 Å². The van der Waals surface area contributed by atoms with E-state index in [9.17, 15) is 0 Å². The van der Waals surface area contributed by atoms with Gasteiger partial charge in [0.25, 0.3) is 0 Å². The second kappa shape index (κ2) is 4.44. The summed E-state index contributed by atoms with van der Waals surface area (Å²) in [5, 5.41) is 0. The molecule has 0 saturated carbocycles. The van der Waals surface area contributed by atoms with Crippen LogP contribution in [0.1, 0.15) is 25.9 Å². The summed E-state index contributed by atoms with van der Waals surface area (Å²) < 4.78 is 6.48. The molecule has 2 aromatic rings. The summed E-state index contributed by atoms with van der Waals surface area (Å²) in [7, 11) is 0. The van der Waals surface area contributed by atoms with Crippen LogP contribution >= 0.6 is 43.2 Å². The van der Waals surface area contributed by atoms with E-state index in [2.05, 4.69) is 44.8 Å². The van der Waals surface area contributed by atoms with Crippen molar-refractivity contribution >= 4 is 43.2 Å². The maximum Gasteiger partial charge on any atom is 0.105 e. The number of furan rings is 1. The monoisotopic (exact) mass is 348 g/mol. The molecule has 4 heteroatoms. The van der Waals surface area contributed by atoms with Crippen molar-refractivity contribution in [2.45, 2.75) is 18.7 Å². The van der Waals surface area contributed by atoms with Crippen LogP contribution in [0.3, 0.4) is 0 Å². The molecule has 2 aromatic heterocycles. The molecule has 1 unspecified atom stereocenters. The van der Waals surface area contributed by atoms with Crippen molar-refractivity contribution in [3.05, 3.63) is 43.9 Å². The van der Waals surface area contributed by atoms with Gasteiger partial charge in [-0.1, -0.05) is 15.9 Å². The van der Waals surface area contributed by atoms with Crippen LogP contribution in [-0.4, -0.2) is 0 Å². The number of thiophene rings is 1. The molecule has 0 spiro atoms. The molecule has 0 aliphatic rings. The van der Waals surface area contributed by atoms with E-state index in [-0.39, 0.29) is 4.83 Å². The lowest BCUT2D eigenvalue weighted by atomic mass is 10.1. The van der Waals surface area contributed by atoms with Crippen molar-refractivity contribution < 1.29 is 4.42 Å². The zero-order valence-electron chi connectivity index (χ0n) is 8.38. The first-order valence-corrected chi connectivity index (χ1v) is 7.06. The second-order valence-electron chi connectivity index (χ2n) is 3.35. The fourth-order valence-electron chi connectivity index (χ4n) is 1.42. The molecular weight excluding hydrogens is 340 g/mol. The third-order valence-electron chi connectivity index (χ3n) is 2.30. The summed E-state index contributed by atoms with van der Waals surface area (Å²) in [5.41, 5.74) is 1.20. The van der Waals surface area contributed by atoms with Gasteiger partial charge in [-0.2, -0.15) is 0 Å². The number of hydrogen-bond acceptors (Lipinski definition) is 2. The van der Waals surface area contributed by atoms with Crippen LogP contribution in [0, 0.1) is 13.8 Å². The molecule has 80 valence electrons. The molecule has 1 nitrogen and oxygen atoms in total. The van der Waals surface area contributed by atoms with Gasteiger partial charge in [-0.25, -0.2) is 0 Å². The number of alkyl halides is 1. The Morgan fingerprint density at radius 1 is 1.40 bits per heavy atom. The maximum absolute atomic E-state index is 5.31. The Bertz CT molecular complexity index is 453. The van der Waals surface area contributed by atoms with Gasteiger partial charge in [-0.05, 0) is 41.9 Å². The van der Waals surface area contributed by atoms with E-state index in [1.165, 1.54) is 19.8 Å². The topological polar surface area (TPSA) is 13.1 Å². The van der Waals surface area contributed by atoms with Gasteiger partial charge in [0.1, 0.15) is 5.76 Å². The lowest BCUT2D eigenvalue weighted by molar-refractivity contribution is 0.530. The highest BCUT2D eigenvalue weighted by Crippen LogP contribution is 2.39. The SMILES string of the molecule is Cc1occc1C(Br)c1cc(Br)c(C)s1. The summed E-state index contributed by atoms with van der Waals surface area (Å²) in [5.74, 6) is 0.971. The minimum Gasteiger partial charge on any atom is -0.469 e. The molecule has 2 rings (SSSR count). The smallest absolute Gasteiger partial charge is 0.105 e. The minimum atomic E-state index is 0.228. The van der Waals surface area contributed by atoms with Crippen LogP contribution in [0.5, 0.6) is 0 Å². The lowest BCUT2D eigenvalue weighted by Gasteiger charge is -2.05. The van der Waals surface area contributed by atoms with Gasteiger partial charge in [0.05, 0.1) is 11.1 Å². The molecule has 0 amide bonds. The van der Waals surface area contributed by atoms with Crippen LogP contribution in [0.25, 0.3) is 0 Å². The second-order valence-corrected chi connectivity index (χ2v) is 6.41. The molecule has 2 heterocycles. The molecule has 0 radical (unpaired) electrons. The standard InChI is InChI=1S/C11H10Br2OS/c1-6-8(3-4-14-6)11(13)10-5-9(12)7(2)15-10/h3-5,11H,1-2H3. The lowest BCUT2D eigenvalue weighted by Crippen LogP contribution is -1.88. The molecular formula is C11H10Br2OS. The summed E-state index contributed by atoms with van der Waals surface area (Å²) in [6, 6.07) is 4.17. The fourth-order valence-corrected chi connectivity index (χ4v) is 3.86. The molecule has 1 atom stereocenters. The summed E-state index contributed by atoms with van der Waals surface area (Å²) in [6.07, 6.45) is 1.73. The van der Waals surface area contributed by atoms with E-state index in [0.717, 1.165) is 5.76 Å². The highest BCUT2D eigenvalue weighted by atomic mass is 79.9. The van der Waals surface area contributed by atoms with Crippen molar-refractivity contribution in [3.63, 3.8) is 0 Å². The van der Waals surface area contributed by atoms with E-state index in [1.54, 1.807) is 17.6 Å².